The van der Waals surface area contributed by atoms with E-state index in [0.717, 1.165) is 34.9 Å². The highest BCUT2D eigenvalue weighted by atomic mass is 35.5. The van der Waals surface area contributed by atoms with Gasteiger partial charge in [-0.3, -0.25) is 4.79 Å². The lowest BCUT2D eigenvalue weighted by molar-refractivity contribution is -0.119. The first-order valence-corrected chi connectivity index (χ1v) is 9.43. The first-order valence-electron chi connectivity index (χ1n) is 8.07. The first-order chi connectivity index (χ1) is 11.0. The Morgan fingerprint density at radius 2 is 2.13 bits per heavy atom. The van der Waals surface area contributed by atoms with Crippen molar-refractivity contribution >= 4 is 40.3 Å². The smallest absolute Gasteiger partial charge is 0.230 e. The average Bonchev–Trinajstić information content (AvgIpc) is 2.83. The summed E-state index contributed by atoms with van der Waals surface area (Å²) in [6.45, 7) is 2.28. The Morgan fingerprint density at radius 3 is 2.87 bits per heavy atom. The summed E-state index contributed by atoms with van der Waals surface area (Å²) in [5.41, 5.74) is 1.89. The number of rotatable bonds is 4. The third-order valence-electron chi connectivity index (χ3n) is 4.52. The van der Waals surface area contributed by atoms with E-state index in [9.17, 15) is 4.79 Å². The molecule has 0 bridgehead atoms. The summed E-state index contributed by atoms with van der Waals surface area (Å²) in [5, 5.41) is 4.67. The van der Waals surface area contributed by atoms with Crippen LogP contribution >= 0.6 is 23.4 Å². The van der Waals surface area contributed by atoms with Crippen molar-refractivity contribution in [1.82, 2.24) is 14.9 Å². The maximum Gasteiger partial charge on any atom is 0.230 e. The van der Waals surface area contributed by atoms with Crippen molar-refractivity contribution in [3.05, 3.63) is 23.2 Å². The molecular formula is C17H22ClN3OS. The number of nitrogens with one attached hydrogen (secondary N) is 1. The van der Waals surface area contributed by atoms with Gasteiger partial charge < -0.3 is 9.88 Å². The van der Waals surface area contributed by atoms with Gasteiger partial charge in [0.05, 0.1) is 16.8 Å². The van der Waals surface area contributed by atoms with Crippen LogP contribution in [-0.2, 0) is 11.8 Å². The van der Waals surface area contributed by atoms with Gasteiger partial charge in [-0.15, -0.1) is 0 Å². The fraction of sp³-hybridized carbons (Fsp3) is 0.529. The Balaban J connectivity index is 1.57. The number of thioether (sulfide) groups is 1. The van der Waals surface area contributed by atoms with E-state index in [1.807, 2.05) is 29.8 Å². The summed E-state index contributed by atoms with van der Waals surface area (Å²) in [6.07, 6.45) is 4.62. The van der Waals surface area contributed by atoms with E-state index in [2.05, 4.69) is 17.2 Å². The lowest BCUT2D eigenvalue weighted by atomic mass is 9.87. The van der Waals surface area contributed by atoms with Crippen LogP contribution in [-0.4, -0.2) is 27.3 Å². The molecule has 23 heavy (non-hydrogen) atoms. The van der Waals surface area contributed by atoms with Gasteiger partial charge >= 0.3 is 0 Å². The Kier molecular flexibility index (Phi) is 5.17. The molecule has 124 valence electrons. The molecule has 4 nitrogen and oxygen atoms in total. The van der Waals surface area contributed by atoms with Crippen molar-refractivity contribution in [3.63, 3.8) is 0 Å². The van der Waals surface area contributed by atoms with Crippen LogP contribution in [0, 0.1) is 5.92 Å². The Labute approximate surface area is 146 Å². The van der Waals surface area contributed by atoms with Crippen molar-refractivity contribution in [2.75, 3.05) is 5.75 Å². The Bertz CT molecular complexity index is 707. The van der Waals surface area contributed by atoms with Gasteiger partial charge in [-0.2, -0.15) is 0 Å². The summed E-state index contributed by atoms with van der Waals surface area (Å²) < 4.78 is 2.01. The second-order valence-corrected chi connectivity index (χ2v) is 7.78. The van der Waals surface area contributed by atoms with Crippen LogP contribution in [0.15, 0.2) is 23.4 Å². The second-order valence-electron chi connectivity index (χ2n) is 6.40. The molecule has 0 saturated heterocycles. The quantitative estimate of drug-likeness (QED) is 0.846. The summed E-state index contributed by atoms with van der Waals surface area (Å²) in [4.78, 5) is 16.7. The Hall–Kier alpha value is -1.20. The van der Waals surface area contributed by atoms with Crippen molar-refractivity contribution in [3.8, 4) is 0 Å². The minimum absolute atomic E-state index is 0.0969. The van der Waals surface area contributed by atoms with Crippen LogP contribution in [0.2, 0.25) is 5.02 Å². The molecule has 0 radical (unpaired) electrons. The molecule has 1 aliphatic rings. The molecule has 3 rings (SSSR count). The molecule has 1 saturated carbocycles. The average molecular weight is 352 g/mol. The van der Waals surface area contributed by atoms with Gasteiger partial charge in [0.25, 0.3) is 0 Å². The van der Waals surface area contributed by atoms with Gasteiger partial charge in [0.1, 0.15) is 0 Å². The molecule has 1 aromatic heterocycles. The highest BCUT2D eigenvalue weighted by Crippen LogP contribution is 2.26. The zero-order valence-corrected chi connectivity index (χ0v) is 15.1. The van der Waals surface area contributed by atoms with E-state index < -0.39 is 0 Å². The molecular weight excluding hydrogens is 330 g/mol. The van der Waals surface area contributed by atoms with Crippen molar-refractivity contribution in [2.45, 2.75) is 43.8 Å². The number of imidazole rings is 1. The number of carbonyl (C=O) groups is 1. The molecule has 0 unspecified atom stereocenters. The van der Waals surface area contributed by atoms with Gasteiger partial charge in [-0.1, -0.05) is 30.3 Å². The number of hydrogen-bond acceptors (Lipinski definition) is 3. The second kappa shape index (κ2) is 7.14. The van der Waals surface area contributed by atoms with Gasteiger partial charge in [0.15, 0.2) is 5.16 Å². The number of benzene rings is 1. The number of hydrogen-bond donors (Lipinski definition) is 1. The van der Waals surface area contributed by atoms with E-state index in [0.29, 0.717) is 16.8 Å². The van der Waals surface area contributed by atoms with Gasteiger partial charge in [-0.25, -0.2) is 4.98 Å². The van der Waals surface area contributed by atoms with Gasteiger partial charge in [-0.05, 0) is 49.8 Å². The zero-order chi connectivity index (χ0) is 16.4. The number of aromatic nitrogens is 2. The van der Waals surface area contributed by atoms with Crippen LogP contribution in [0.25, 0.3) is 11.0 Å². The van der Waals surface area contributed by atoms with E-state index >= 15 is 0 Å². The predicted molar refractivity (Wildman–Crippen MR) is 96.0 cm³/mol. The van der Waals surface area contributed by atoms with Crippen molar-refractivity contribution in [2.24, 2.45) is 13.0 Å². The molecule has 1 aliphatic carbocycles. The normalized spacial score (nSPS) is 21.5. The largest absolute Gasteiger partial charge is 0.353 e. The van der Waals surface area contributed by atoms with Gasteiger partial charge in [0.2, 0.25) is 5.91 Å². The molecule has 2 aromatic rings. The minimum atomic E-state index is 0.0969. The zero-order valence-electron chi connectivity index (χ0n) is 13.5. The molecule has 1 heterocycles. The van der Waals surface area contributed by atoms with E-state index in [4.69, 9.17) is 11.6 Å². The molecule has 6 heteroatoms. The number of nitrogens with zero attached hydrogens (tertiary/aromatic N) is 2. The third-order valence-corrected chi connectivity index (χ3v) is 5.78. The van der Waals surface area contributed by atoms with Crippen LogP contribution < -0.4 is 5.32 Å². The molecule has 0 atom stereocenters. The molecule has 0 spiro atoms. The summed E-state index contributed by atoms with van der Waals surface area (Å²) >= 11 is 7.48. The minimum Gasteiger partial charge on any atom is -0.353 e. The highest BCUT2D eigenvalue weighted by Gasteiger charge is 2.20. The topological polar surface area (TPSA) is 46.9 Å². The van der Waals surface area contributed by atoms with Crippen molar-refractivity contribution < 1.29 is 4.79 Å². The van der Waals surface area contributed by atoms with Crippen LogP contribution in [0.1, 0.15) is 32.6 Å². The maximum atomic E-state index is 12.2. The summed E-state index contributed by atoms with van der Waals surface area (Å²) in [7, 11) is 1.96. The number of amides is 1. The van der Waals surface area contributed by atoms with Crippen LogP contribution in [0.5, 0.6) is 0 Å². The van der Waals surface area contributed by atoms with E-state index in [-0.39, 0.29) is 5.91 Å². The van der Waals surface area contributed by atoms with E-state index in [1.54, 1.807) is 0 Å². The highest BCUT2D eigenvalue weighted by molar-refractivity contribution is 7.99. The molecule has 0 aliphatic heterocycles. The maximum absolute atomic E-state index is 12.2. The molecule has 1 N–H and O–H groups in total. The third kappa shape index (κ3) is 4.01. The SMILES string of the molecule is CC1CCC(NC(=O)CSc2nc3cc(Cl)ccc3n2C)CC1. The monoisotopic (exact) mass is 351 g/mol. The first kappa shape index (κ1) is 16.7. The van der Waals surface area contributed by atoms with Gasteiger partial charge in [0, 0.05) is 18.1 Å². The summed E-state index contributed by atoms with van der Waals surface area (Å²) in [5.74, 6) is 1.29. The van der Waals surface area contributed by atoms with Crippen molar-refractivity contribution in [1.29, 1.82) is 0 Å². The van der Waals surface area contributed by atoms with Crippen LogP contribution in [0.3, 0.4) is 0 Å². The van der Waals surface area contributed by atoms with E-state index in [1.165, 1.54) is 24.6 Å². The number of carbonyl (C=O) groups excluding carboxylic acids is 1. The fourth-order valence-corrected chi connectivity index (χ4v) is 4.05. The molecule has 1 amide bonds. The number of halogens is 1. The fourth-order valence-electron chi connectivity index (χ4n) is 3.08. The predicted octanol–water partition coefficient (Wildman–Crippen LogP) is 4.01. The molecule has 1 aromatic carbocycles. The Morgan fingerprint density at radius 1 is 1.39 bits per heavy atom. The lowest BCUT2D eigenvalue weighted by Gasteiger charge is -2.26. The molecule has 1 fully saturated rings. The summed E-state index contributed by atoms with van der Waals surface area (Å²) in [6, 6.07) is 6.01. The number of fused-ring (bicyclic) bond motifs is 1. The lowest BCUT2D eigenvalue weighted by Crippen LogP contribution is -2.38. The van der Waals surface area contributed by atoms with Crippen LogP contribution in [0.4, 0.5) is 0 Å². The number of aryl methyl sites for hydroxylation is 1. The standard InChI is InChI=1S/C17H22ClN3OS/c1-11-3-6-13(7-4-11)19-16(22)10-23-17-20-14-9-12(18)5-8-15(14)21(17)2/h5,8-9,11,13H,3-4,6-7,10H2,1-2H3,(H,19,22).